The van der Waals surface area contributed by atoms with Gasteiger partial charge in [0.05, 0.1) is 12.0 Å². The highest BCUT2D eigenvalue weighted by Gasteiger charge is 2.14. The van der Waals surface area contributed by atoms with Gasteiger partial charge < -0.3 is 9.84 Å². The highest BCUT2D eigenvalue weighted by Crippen LogP contribution is 2.41. The second-order valence-corrected chi connectivity index (χ2v) is 4.94. The van der Waals surface area contributed by atoms with Gasteiger partial charge >= 0.3 is 0 Å². The lowest BCUT2D eigenvalue weighted by atomic mass is 10.1. The van der Waals surface area contributed by atoms with Crippen LogP contribution in [0.25, 0.3) is 10.8 Å². The summed E-state index contributed by atoms with van der Waals surface area (Å²) < 4.78 is 5.26. The van der Waals surface area contributed by atoms with Gasteiger partial charge in [-0.2, -0.15) is 0 Å². The van der Waals surface area contributed by atoms with Crippen molar-refractivity contribution in [2.24, 2.45) is 10.2 Å². The Morgan fingerprint density at radius 3 is 2.42 bits per heavy atom. The van der Waals surface area contributed by atoms with Crippen molar-refractivity contribution in [2.45, 2.75) is 0 Å². The van der Waals surface area contributed by atoms with Gasteiger partial charge in [-0.1, -0.05) is 36.4 Å². The Hall–Kier alpha value is -3.48. The van der Waals surface area contributed by atoms with Gasteiger partial charge in [-0.25, -0.2) is 0 Å². The van der Waals surface area contributed by atoms with Crippen molar-refractivity contribution in [2.75, 3.05) is 7.11 Å². The van der Waals surface area contributed by atoms with E-state index in [1.807, 2.05) is 12.1 Å². The summed E-state index contributed by atoms with van der Waals surface area (Å²) >= 11 is 0. The molecule has 24 heavy (non-hydrogen) atoms. The fourth-order valence-corrected chi connectivity index (χ4v) is 2.39. The van der Waals surface area contributed by atoms with Gasteiger partial charge in [0, 0.05) is 22.9 Å². The Morgan fingerprint density at radius 1 is 1.04 bits per heavy atom. The summed E-state index contributed by atoms with van der Waals surface area (Å²) in [5.74, 6) is 0.389. The van der Waals surface area contributed by atoms with E-state index in [9.17, 15) is 15.2 Å². The number of rotatable bonds is 4. The molecule has 0 amide bonds. The average Bonchev–Trinajstić information content (AvgIpc) is 2.60. The maximum Gasteiger partial charge on any atom is 0.296 e. The van der Waals surface area contributed by atoms with Gasteiger partial charge in [-0.05, 0) is 6.07 Å². The third-order valence-electron chi connectivity index (χ3n) is 3.51. The van der Waals surface area contributed by atoms with Gasteiger partial charge in [-0.3, -0.25) is 10.1 Å². The Balaban J connectivity index is 2.15. The summed E-state index contributed by atoms with van der Waals surface area (Å²) in [6.45, 7) is 0. The maximum atomic E-state index is 11.0. The number of hydrogen-bond donors (Lipinski definition) is 1. The van der Waals surface area contributed by atoms with Crippen LogP contribution in [0.3, 0.4) is 0 Å². The van der Waals surface area contributed by atoms with Crippen molar-refractivity contribution in [3.63, 3.8) is 0 Å². The van der Waals surface area contributed by atoms with Crippen LogP contribution in [0.1, 0.15) is 0 Å². The second-order valence-electron chi connectivity index (χ2n) is 4.94. The van der Waals surface area contributed by atoms with E-state index in [4.69, 9.17) is 4.74 Å². The molecule has 0 fully saturated rings. The Morgan fingerprint density at radius 2 is 1.71 bits per heavy atom. The van der Waals surface area contributed by atoms with Gasteiger partial charge in [-0.15, -0.1) is 10.2 Å². The normalized spacial score (nSPS) is 11.0. The maximum absolute atomic E-state index is 11.0. The van der Waals surface area contributed by atoms with Crippen molar-refractivity contribution in [1.29, 1.82) is 0 Å². The number of azo groups is 1. The Kier molecular flexibility index (Phi) is 4.07. The first-order valence-electron chi connectivity index (χ1n) is 7.05. The van der Waals surface area contributed by atoms with Gasteiger partial charge in [0.2, 0.25) is 0 Å². The van der Waals surface area contributed by atoms with Gasteiger partial charge in [0.25, 0.3) is 5.69 Å². The molecule has 120 valence electrons. The molecule has 0 aliphatic heterocycles. The number of phenolic OH excluding ortho intramolecular Hbond substituents is 1. The van der Waals surface area contributed by atoms with Gasteiger partial charge in [0.15, 0.2) is 5.69 Å². The third-order valence-corrected chi connectivity index (χ3v) is 3.51. The van der Waals surface area contributed by atoms with E-state index < -0.39 is 4.92 Å². The molecule has 0 aliphatic rings. The topological polar surface area (TPSA) is 97.3 Å². The number of hydrogen-bond acceptors (Lipinski definition) is 6. The summed E-state index contributed by atoms with van der Waals surface area (Å²) in [7, 11) is 1.51. The number of nitrogens with zero attached hydrogens (tertiary/aromatic N) is 3. The number of fused-ring (bicyclic) bond motifs is 1. The minimum Gasteiger partial charge on any atom is -0.505 e. The number of nitro benzene ring substituents is 1. The average molecular weight is 323 g/mol. The molecule has 3 aromatic rings. The van der Waals surface area contributed by atoms with E-state index in [1.165, 1.54) is 25.3 Å². The molecule has 1 N–H and O–H groups in total. The van der Waals surface area contributed by atoms with Crippen LogP contribution in [0.15, 0.2) is 64.8 Å². The molecule has 0 saturated carbocycles. The lowest BCUT2D eigenvalue weighted by Crippen LogP contribution is -1.87. The molecule has 0 bridgehead atoms. The van der Waals surface area contributed by atoms with Crippen LogP contribution in [0.2, 0.25) is 0 Å². The second kappa shape index (κ2) is 6.33. The zero-order chi connectivity index (χ0) is 17.1. The highest BCUT2D eigenvalue weighted by molar-refractivity contribution is 5.99. The fourth-order valence-electron chi connectivity index (χ4n) is 2.39. The molecule has 0 heterocycles. The fraction of sp³-hybridized carbons (Fsp3) is 0.0588. The van der Waals surface area contributed by atoms with Crippen LogP contribution >= 0.6 is 0 Å². The van der Waals surface area contributed by atoms with Crippen molar-refractivity contribution in [1.82, 2.24) is 0 Å². The molecule has 0 atom stereocenters. The van der Waals surface area contributed by atoms with E-state index in [-0.39, 0.29) is 22.8 Å². The molecular weight excluding hydrogens is 310 g/mol. The number of methoxy groups -OCH3 is 1. The van der Waals surface area contributed by atoms with E-state index in [0.717, 1.165) is 5.39 Å². The zero-order valence-corrected chi connectivity index (χ0v) is 12.7. The standard InChI is InChI=1S/C17H13N3O4/c1-24-16-10-15(21)17(12-7-3-2-6-11(12)16)19-18-13-8-4-5-9-14(13)20(22)23/h2-10,21H,1H3. The van der Waals surface area contributed by atoms with Crippen LogP contribution in [0, 0.1) is 10.1 Å². The number of nitro groups is 1. The summed E-state index contributed by atoms with van der Waals surface area (Å²) in [5.41, 5.74) is 0.185. The van der Waals surface area contributed by atoms with E-state index in [2.05, 4.69) is 10.2 Å². The van der Waals surface area contributed by atoms with Gasteiger partial charge in [0.1, 0.15) is 17.2 Å². The number of phenols is 1. The number of para-hydroxylation sites is 1. The molecule has 3 rings (SSSR count). The van der Waals surface area contributed by atoms with Crippen LogP contribution in [0.5, 0.6) is 11.5 Å². The number of ether oxygens (including phenoxy) is 1. The first kappa shape index (κ1) is 15.4. The molecule has 7 nitrogen and oxygen atoms in total. The van der Waals surface area contributed by atoms with Crippen molar-refractivity contribution in [3.8, 4) is 11.5 Å². The quantitative estimate of drug-likeness (QED) is 0.420. The van der Waals surface area contributed by atoms with E-state index in [0.29, 0.717) is 11.1 Å². The number of benzene rings is 3. The van der Waals surface area contributed by atoms with E-state index in [1.54, 1.807) is 24.3 Å². The van der Waals surface area contributed by atoms with Crippen LogP contribution in [0.4, 0.5) is 17.1 Å². The lowest BCUT2D eigenvalue weighted by molar-refractivity contribution is -0.384. The molecule has 0 radical (unpaired) electrons. The van der Waals surface area contributed by atoms with Crippen LogP contribution in [-0.2, 0) is 0 Å². The molecule has 0 unspecified atom stereocenters. The Labute approximate surface area is 137 Å². The van der Waals surface area contributed by atoms with Crippen molar-refractivity contribution in [3.05, 3.63) is 64.7 Å². The minimum atomic E-state index is -0.527. The van der Waals surface area contributed by atoms with Crippen LogP contribution in [-0.4, -0.2) is 17.1 Å². The monoisotopic (exact) mass is 323 g/mol. The Bertz CT molecular complexity index is 954. The smallest absolute Gasteiger partial charge is 0.296 e. The summed E-state index contributed by atoms with van der Waals surface area (Å²) in [4.78, 5) is 10.5. The largest absolute Gasteiger partial charge is 0.505 e. The summed E-state index contributed by atoms with van der Waals surface area (Å²) in [6, 6.07) is 14.7. The minimum absolute atomic E-state index is 0.113. The van der Waals surface area contributed by atoms with Crippen LogP contribution < -0.4 is 4.74 Å². The lowest BCUT2D eigenvalue weighted by Gasteiger charge is -2.09. The first-order chi connectivity index (χ1) is 11.6. The molecule has 3 aromatic carbocycles. The molecule has 0 saturated heterocycles. The molecular formula is C17H13N3O4. The highest BCUT2D eigenvalue weighted by atomic mass is 16.6. The van der Waals surface area contributed by atoms with Crippen molar-refractivity contribution < 1.29 is 14.8 Å². The SMILES string of the molecule is COc1cc(O)c(N=Nc2ccccc2[N+](=O)[O-])c2ccccc12. The molecule has 7 heteroatoms. The summed E-state index contributed by atoms with van der Waals surface area (Å²) in [6.07, 6.45) is 0. The molecule has 0 aromatic heterocycles. The van der Waals surface area contributed by atoms with Crippen molar-refractivity contribution >= 4 is 27.8 Å². The third kappa shape index (κ3) is 2.74. The molecule has 0 spiro atoms. The van der Waals surface area contributed by atoms with E-state index >= 15 is 0 Å². The molecule has 0 aliphatic carbocycles. The zero-order valence-electron chi connectivity index (χ0n) is 12.7. The first-order valence-corrected chi connectivity index (χ1v) is 7.05. The predicted molar refractivity (Wildman–Crippen MR) is 89.4 cm³/mol. The summed E-state index contributed by atoms with van der Waals surface area (Å²) in [5, 5.41) is 30.6. The predicted octanol–water partition coefficient (Wildman–Crippen LogP) is 4.88. The number of aromatic hydroxyl groups is 1.